The first kappa shape index (κ1) is 21.2. The lowest BCUT2D eigenvalue weighted by molar-refractivity contribution is -0.123. The maximum absolute atomic E-state index is 13.7. The molecule has 1 amide bonds. The molecule has 1 atom stereocenters. The van der Waals surface area contributed by atoms with E-state index in [9.17, 15) is 18.8 Å². The molecule has 0 bridgehead atoms. The summed E-state index contributed by atoms with van der Waals surface area (Å²) in [5.74, 6) is -2.45. The smallest absolute Gasteiger partial charge is 0.363 e. The number of amides is 1. The number of benzene rings is 2. The molecule has 0 spiro atoms. The molecule has 0 aliphatic carbocycles. The van der Waals surface area contributed by atoms with Crippen LogP contribution in [0.15, 0.2) is 59.4 Å². The first-order valence-electron chi connectivity index (χ1n) is 8.89. The second-order valence-corrected chi connectivity index (χ2v) is 6.84. The molecule has 0 saturated heterocycles. The van der Waals surface area contributed by atoms with Crippen molar-refractivity contribution in [2.75, 3.05) is 5.32 Å². The van der Waals surface area contributed by atoms with Gasteiger partial charge >= 0.3 is 5.97 Å². The highest BCUT2D eigenvalue weighted by Crippen LogP contribution is 2.15. The molecule has 30 heavy (non-hydrogen) atoms. The van der Waals surface area contributed by atoms with Crippen molar-refractivity contribution >= 4 is 29.2 Å². The van der Waals surface area contributed by atoms with Gasteiger partial charge in [0.2, 0.25) is 11.1 Å². The van der Waals surface area contributed by atoms with Gasteiger partial charge in [0.05, 0.1) is 11.4 Å². The molecule has 0 saturated carbocycles. The number of hydrogen-bond acceptors (Lipinski definition) is 5. The largest absolute Gasteiger partial charge is 0.448 e. The van der Waals surface area contributed by atoms with Crippen LogP contribution >= 0.6 is 11.6 Å². The summed E-state index contributed by atoms with van der Waals surface area (Å²) in [5.41, 5.74) is -0.116. The number of carbonyl (C=O) groups excluding carboxylic acids is 2. The number of nitrogens with one attached hydrogen (secondary N) is 1. The molecule has 9 heteroatoms. The number of aromatic nitrogens is 2. The van der Waals surface area contributed by atoms with Crippen molar-refractivity contribution < 1.29 is 18.7 Å². The topological polar surface area (TPSA) is 90.3 Å². The van der Waals surface area contributed by atoms with Crippen LogP contribution in [0.25, 0.3) is 5.69 Å². The fourth-order valence-electron chi connectivity index (χ4n) is 2.60. The Kier molecular flexibility index (Phi) is 6.27. The highest BCUT2D eigenvalue weighted by atomic mass is 35.5. The monoisotopic (exact) mass is 429 g/mol. The van der Waals surface area contributed by atoms with Crippen molar-refractivity contribution in [2.45, 2.75) is 20.0 Å². The van der Waals surface area contributed by atoms with Crippen LogP contribution in [0, 0.1) is 12.7 Å². The van der Waals surface area contributed by atoms with Gasteiger partial charge in [0.25, 0.3) is 5.91 Å². The standard InChI is InChI=1S/C21H17ClFN3O4/c1-12-11-18(27)19(25-26(12)15-9-7-14(22)8-10-15)21(29)30-13(2)20(28)24-17-6-4-3-5-16(17)23/h3-11,13H,1-2H3,(H,24,28). The summed E-state index contributed by atoms with van der Waals surface area (Å²) in [7, 11) is 0. The highest BCUT2D eigenvalue weighted by Gasteiger charge is 2.23. The van der Waals surface area contributed by atoms with Crippen molar-refractivity contribution in [3.05, 3.63) is 87.0 Å². The summed E-state index contributed by atoms with van der Waals surface area (Å²) in [6.07, 6.45) is -1.29. The van der Waals surface area contributed by atoms with E-state index in [-0.39, 0.29) is 5.69 Å². The van der Waals surface area contributed by atoms with E-state index in [1.165, 1.54) is 35.9 Å². The maximum atomic E-state index is 13.7. The van der Waals surface area contributed by atoms with E-state index in [0.29, 0.717) is 16.4 Å². The zero-order valence-electron chi connectivity index (χ0n) is 16.1. The van der Waals surface area contributed by atoms with Crippen molar-refractivity contribution in [2.24, 2.45) is 0 Å². The molecule has 1 N–H and O–H groups in total. The van der Waals surface area contributed by atoms with Crippen molar-refractivity contribution in [1.82, 2.24) is 9.78 Å². The van der Waals surface area contributed by atoms with E-state index in [4.69, 9.17) is 16.3 Å². The Morgan fingerprint density at radius 1 is 1.17 bits per heavy atom. The molecule has 0 aliphatic rings. The lowest BCUT2D eigenvalue weighted by atomic mass is 10.2. The Hall–Kier alpha value is -3.52. The summed E-state index contributed by atoms with van der Waals surface area (Å²) in [6, 6.07) is 13.4. The molecule has 0 fully saturated rings. The number of para-hydroxylation sites is 1. The fourth-order valence-corrected chi connectivity index (χ4v) is 2.73. The number of halogens is 2. The number of nitrogens with zero attached hydrogens (tertiary/aromatic N) is 2. The molecule has 3 rings (SSSR count). The van der Waals surface area contributed by atoms with Gasteiger partial charge in [0.1, 0.15) is 5.82 Å². The molecule has 0 radical (unpaired) electrons. The van der Waals surface area contributed by atoms with Crippen LogP contribution in [0.2, 0.25) is 5.02 Å². The molecular weight excluding hydrogens is 413 g/mol. The zero-order valence-corrected chi connectivity index (χ0v) is 16.8. The quantitative estimate of drug-likeness (QED) is 0.627. The molecule has 2 aromatic carbocycles. The van der Waals surface area contributed by atoms with E-state index in [0.717, 1.165) is 0 Å². The Balaban J connectivity index is 1.80. The summed E-state index contributed by atoms with van der Waals surface area (Å²) < 4.78 is 20.1. The van der Waals surface area contributed by atoms with Crippen LogP contribution in [-0.4, -0.2) is 27.8 Å². The van der Waals surface area contributed by atoms with E-state index < -0.39 is 34.9 Å². The minimum atomic E-state index is -1.29. The van der Waals surface area contributed by atoms with Crippen molar-refractivity contribution in [1.29, 1.82) is 0 Å². The zero-order chi connectivity index (χ0) is 21.8. The minimum absolute atomic E-state index is 0.0519. The Morgan fingerprint density at radius 3 is 2.50 bits per heavy atom. The SMILES string of the molecule is Cc1cc(=O)c(C(=O)OC(C)C(=O)Nc2ccccc2F)nn1-c1ccc(Cl)cc1. The molecule has 7 nitrogen and oxygen atoms in total. The van der Waals surface area contributed by atoms with Gasteiger partial charge in [-0.25, -0.2) is 13.9 Å². The number of anilines is 1. The van der Waals surface area contributed by atoms with Crippen LogP contribution in [0.4, 0.5) is 10.1 Å². The van der Waals surface area contributed by atoms with E-state index in [2.05, 4.69) is 10.4 Å². The van der Waals surface area contributed by atoms with Crippen molar-refractivity contribution in [3.63, 3.8) is 0 Å². The predicted octanol–water partition coefficient (Wildman–Crippen LogP) is 3.52. The van der Waals surface area contributed by atoms with Crippen LogP contribution in [-0.2, 0) is 9.53 Å². The van der Waals surface area contributed by atoms with Gasteiger partial charge in [-0.2, -0.15) is 5.10 Å². The fraction of sp³-hybridized carbons (Fsp3) is 0.143. The summed E-state index contributed by atoms with van der Waals surface area (Å²) in [5, 5.41) is 6.92. The third-order valence-electron chi connectivity index (χ3n) is 4.16. The van der Waals surface area contributed by atoms with Gasteiger partial charge < -0.3 is 10.1 Å². The van der Waals surface area contributed by atoms with E-state index >= 15 is 0 Å². The number of rotatable bonds is 5. The normalized spacial score (nSPS) is 11.6. The third-order valence-corrected chi connectivity index (χ3v) is 4.41. The Bertz CT molecular complexity index is 1160. The Labute approximate surface area is 176 Å². The maximum Gasteiger partial charge on any atom is 0.363 e. The van der Waals surface area contributed by atoms with Crippen LogP contribution in [0.3, 0.4) is 0 Å². The minimum Gasteiger partial charge on any atom is -0.448 e. The lowest BCUT2D eigenvalue weighted by Crippen LogP contribution is -2.33. The first-order valence-corrected chi connectivity index (χ1v) is 9.27. The molecule has 1 heterocycles. The Morgan fingerprint density at radius 2 is 1.83 bits per heavy atom. The number of esters is 1. The summed E-state index contributed by atoms with van der Waals surface area (Å²) in [4.78, 5) is 37.0. The van der Waals surface area contributed by atoms with Gasteiger partial charge in [-0.3, -0.25) is 9.59 Å². The van der Waals surface area contributed by atoms with Gasteiger partial charge in [0.15, 0.2) is 6.10 Å². The number of aryl methyl sites for hydroxylation is 1. The predicted molar refractivity (Wildman–Crippen MR) is 109 cm³/mol. The highest BCUT2D eigenvalue weighted by molar-refractivity contribution is 6.30. The number of ether oxygens (including phenoxy) is 1. The van der Waals surface area contributed by atoms with Crippen LogP contribution < -0.4 is 10.7 Å². The summed E-state index contributed by atoms with van der Waals surface area (Å²) in [6.45, 7) is 2.96. The molecule has 154 valence electrons. The number of carbonyl (C=O) groups is 2. The molecular formula is C21H17ClFN3O4. The second-order valence-electron chi connectivity index (χ2n) is 6.40. The molecule has 1 aromatic heterocycles. The molecule has 3 aromatic rings. The second kappa shape index (κ2) is 8.87. The van der Waals surface area contributed by atoms with Crippen LogP contribution in [0.1, 0.15) is 23.1 Å². The number of hydrogen-bond donors (Lipinski definition) is 1. The van der Waals surface area contributed by atoms with Gasteiger partial charge in [-0.1, -0.05) is 23.7 Å². The summed E-state index contributed by atoms with van der Waals surface area (Å²) >= 11 is 5.89. The van der Waals surface area contributed by atoms with Crippen molar-refractivity contribution in [3.8, 4) is 5.69 Å². The molecule has 1 unspecified atom stereocenters. The average Bonchev–Trinajstić information content (AvgIpc) is 2.70. The van der Waals surface area contributed by atoms with Gasteiger partial charge in [-0.05, 0) is 50.2 Å². The van der Waals surface area contributed by atoms with E-state index in [1.807, 2.05) is 0 Å². The molecule has 0 aliphatic heterocycles. The average molecular weight is 430 g/mol. The van der Waals surface area contributed by atoms with Crippen LogP contribution in [0.5, 0.6) is 0 Å². The lowest BCUT2D eigenvalue weighted by Gasteiger charge is -2.15. The van der Waals surface area contributed by atoms with Gasteiger partial charge in [-0.15, -0.1) is 0 Å². The van der Waals surface area contributed by atoms with Gasteiger partial charge in [0, 0.05) is 16.8 Å². The van der Waals surface area contributed by atoms with E-state index in [1.54, 1.807) is 37.3 Å². The third kappa shape index (κ3) is 4.72. The first-order chi connectivity index (χ1) is 14.3.